The number of furan rings is 2. The van der Waals surface area contributed by atoms with E-state index in [0.717, 1.165) is 140 Å². The van der Waals surface area contributed by atoms with Gasteiger partial charge in [-0.1, -0.05) is 232 Å². The first-order valence-electron chi connectivity index (χ1n) is 28.6. The maximum absolute atomic E-state index is 7.07. The van der Waals surface area contributed by atoms with E-state index in [0.29, 0.717) is 0 Å². The van der Waals surface area contributed by atoms with Gasteiger partial charge in [0.1, 0.15) is 11.2 Å². The predicted octanol–water partition coefficient (Wildman–Crippen LogP) is 19.8. The first kappa shape index (κ1) is 48.8. The van der Waals surface area contributed by atoms with Gasteiger partial charge in [0.05, 0.1) is 17.1 Å². The molecule has 0 atom stereocenters. The summed E-state index contributed by atoms with van der Waals surface area (Å²) in [5, 5.41) is 4.15. The highest BCUT2D eigenvalue weighted by molar-refractivity contribution is 7.00. The van der Waals surface area contributed by atoms with Gasteiger partial charge in [0.25, 0.3) is 6.71 Å². The molecule has 2 aromatic heterocycles. The third-order valence-corrected chi connectivity index (χ3v) is 16.9. The van der Waals surface area contributed by atoms with E-state index in [-0.39, 0.29) is 6.71 Å². The van der Waals surface area contributed by atoms with E-state index in [1.807, 2.05) is 30.4 Å². The Labute approximate surface area is 487 Å². The van der Waals surface area contributed by atoms with Gasteiger partial charge in [-0.25, -0.2) is 0 Å². The second-order valence-electron chi connectivity index (χ2n) is 21.6. The lowest BCUT2D eigenvalue weighted by atomic mass is 9.33. The van der Waals surface area contributed by atoms with Gasteiger partial charge >= 0.3 is 0 Å². The molecule has 0 bridgehead atoms. The number of fused-ring (bicyclic) bond motifs is 10. The number of hydrogen-bond donors (Lipinski definition) is 0. The van der Waals surface area contributed by atoms with Gasteiger partial charge in [-0.2, -0.15) is 0 Å². The first-order valence-corrected chi connectivity index (χ1v) is 28.6. The fourth-order valence-electron chi connectivity index (χ4n) is 13.2. The van der Waals surface area contributed by atoms with E-state index in [4.69, 9.17) is 8.83 Å². The molecule has 5 nitrogen and oxygen atoms in total. The molecule has 0 saturated carbocycles. The molecule has 84 heavy (non-hydrogen) atoms. The second-order valence-corrected chi connectivity index (χ2v) is 21.6. The number of benzene rings is 12. The van der Waals surface area contributed by atoms with Gasteiger partial charge in [0.15, 0.2) is 11.2 Å². The molecule has 2 aliphatic rings. The fourth-order valence-corrected chi connectivity index (χ4v) is 13.2. The molecular formula is C78H52BN3O2. The van der Waals surface area contributed by atoms with E-state index >= 15 is 0 Å². The SMILES string of the molecule is C=C/C=C(\C=C)c1ccc2c(c1)N(c1cccc(-c3ccccc3)c1)c1cc(N(c3cccc4c3oc3ccccc34)c3cccc4c3oc3ccccc34)cc3c1B2c1ccc(-c2ccccc2)cc1N3c1cccc(-c2ccccc2)c1. The Morgan fingerprint density at radius 2 is 0.821 bits per heavy atom. The standard InChI is InChI=1S/C78H52BN3O2/c1-3-22-51(4-2)57-41-43-66-70(47-57)80(59-31-18-29-55(45-59)52-23-8-5-9-24-52)72-49-61(82(68-37-20-35-64-62-33-14-16-39-74(62)83-77(64)68)69-38-21-36-65-63-34-15-17-40-75(63)84-78(65)69)50-73-76(72)79(66)67-44-42-58(54-27-12-7-13-28-54)48-71(67)81(73)60-32-19-30-56(46-60)53-25-10-6-11-26-53/h3-50H,1-2H2/b51-22+. The Morgan fingerprint density at radius 1 is 0.381 bits per heavy atom. The molecule has 0 saturated heterocycles. The van der Waals surface area contributed by atoms with E-state index in [1.165, 1.54) is 16.4 Å². The topological polar surface area (TPSA) is 36.0 Å². The van der Waals surface area contributed by atoms with Crippen molar-refractivity contribution < 1.29 is 8.83 Å². The molecule has 0 N–H and O–H groups in total. The third-order valence-electron chi connectivity index (χ3n) is 16.9. The number of rotatable bonds is 11. The Balaban J connectivity index is 1.06. The molecular weight excluding hydrogens is 1020 g/mol. The van der Waals surface area contributed by atoms with Crippen molar-refractivity contribution in [2.24, 2.45) is 0 Å². The summed E-state index contributed by atoms with van der Waals surface area (Å²) in [6.07, 6.45) is 5.81. The minimum atomic E-state index is -0.198. The monoisotopic (exact) mass is 1070 g/mol. The maximum Gasteiger partial charge on any atom is 0.252 e. The van der Waals surface area contributed by atoms with Crippen LogP contribution in [-0.2, 0) is 0 Å². The summed E-state index contributed by atoms with van der Waals surface area (Å²) in [7, 11) is 0. The Kier molecular flexibility index (Phi) is 11.5. The summed E-state index contributed by atoms with van der Waals surface area (Å²) in [4.78, 5) is 7.40. The molecule has 0 fully saturated rings. The average molecular weight is 1070 g/mol. The number of allylic oxidation sites excluding steroid dienone is 4. The van der Waals surface area contributed by atoms with Crippen molar-refractivity contribution in [3.8, 4) is 33.4 Å². The van der Waals surface area contributed by atoms with Crippen LogP contribution < -0.4 is 31.1 Å². The summed E-state index contributed by atoms with van der Waals surface area (Å²) < 4.78 is 14.1. The van der Waals surface area contributed by atoms with Crippen LogP contribution in [0.1, 0.15) is 5.56 Å². The van der Waals surface area contributed by atoms with Gasteiger partial charge in [-0.3, -0.25) is 0 Å². The van der Waals surface area contributed by atoms with Crippen molar-refractivity contribution in [3.63, 3.8) is 0 Å². The summed E-state index contributed by atoms with van der Waals surface area (Å²) in [6, 6.07) is 98.7. The number of para-hydroxylation sites is 4. The first-order chi connectivity index (χ1) is 41.6. The Hall–Kier alpha value is -11.1. The molecule has 0 spiro atoms. The summed E-state index contributed by atoms with van der Waals surface area (Å²) in [5.41, 5.74) is 24.6. The molecule has 0 radical (unpaired) electrons. The highest BCUT2D eigenvalue weighted by Gasteiger charge is 2.45. The van der Waals surface area contributed by atoms with Gasteiger partial charge in [-0.15, -0.1) is 0 Å². The molecule has 16 rings (SSSR count). The van der Waals surface area contributed by atoms with Crippen LogP contribution in [0.5, 0.6) is 0 Å². The number of nitrogens with zero attached hydrogens (tertiary/aromatic N) is 3. The predicted molar refractivity (Wildman–Crippen MR) is 354 cm³/mol. The molecule has 0 amide bonds. The lowest BCUT2D eigenvalue weighted by Crippen LogP contribution is -2.61. The Morgan fingerprint density at radius 3 is 1.33 bits per heavy atom. The summed E-state index contributed by atoms with van der Waals surface area (Å²) >= 11 is 0. The molecule has 2 aliphatic heterocycles. The highest BCUT2D eigenvalue weighted by atomic mass is 16.3. The maximum atomic E-state index is 7.07. The average Bonchev–Trinajstić information content (AvgIpc) is 0.916. The molecule has 12 aromatic carbocycles. The zero-order chi connectivity index (χ0) is 55.8. The zero-order valence-electron chi connectivity index (χ0n) is 45.9. The van der Waals surface area contributed by atoms with Crippen molar-refractivity contribution in [2.45, 2.75) is 0 Å². The van der Waals surface area contributed by atoms with Gasteiger partial charge < -0.3 is 23.5 Å². The number of hydrogen-bond acceptors (Lipinski definition) is 5. The van der Waals surface area contributed by atoms with Crippen molar-refractivity contribution >= 4 is 124 Å². The van der Waals surface area contributed by atoms with Crippen LogP contribution in [0.15, 0.2) is 313 Å². The summed E-state index contributed by atoms with van der Waals surface area (Å²) in [6.45, 7) is 8.23. The van der Waals surface area contributed by atoms with Crippen molar-refractivity contribution in [1.82, 2.24) is 0 Å². The van der Waals surface area contributed by atoms with E-state index in [1.54, 1.807) is 0 Å². The van der Waals surface area contributed by atoms with Crippen LogP contribution in [0.4, 0.5) is 51.2 Å². The lowest BCUT2D eigenvalue weighted by molar-refractivity contribution is 0.666. The van der Waals surface area contributed by atoms with E-state index in [2.05, 4.69) is 289 Å². The van der Waals surface area contributed by atoms with Crippen LogP contribution in [-0.4, -0.2) is 6.71 Å². The van der Waals surface area contributed by atoms with E-state index in [9.17, 15) is 0 Å². The van der Waals surface area contributed by atoms with E-state index < -0.39 is 0 Å². The van der Waals surface area contributed by atoms with Crippen LogP contribution in [0, 0.1) is 0 Å². The highest BCUT2D eigenvalue weighted by Crippen LogP contribution is 2.52. The van der Waals surface area contributed by atoms with Gasteiger partial charge in [-0.05, 0) is 134 Å². The minimum Gasteiger partial charge on any atom is -0.454 e. The quantitative estimate of drug-likeness (QED) is 0.0953. The van der Waals surface area contributed by atoms with Crippen molar-refractivity contribution in [1.29, 1.82) is 0 Å². The smallest absolute Gasteiger partial charge is 0.252 e. The van der Waals surface area contributed by atoms with Crippen LogP contribution >= 0.6 is 0 Å². The van der Waals surface area contributed by atoms with Crippen molar-refractivity contribution in [2.75, 3.05) is 14.7 Å². The molecule has 4 heterocycles. The Bertz CT molecular complexity index is 4870. The molecule has 14 aromatic rings. The zero-order valence-corrected chi connectivity index (χ0v) is 45.9. The second kappa shape index (κ2) is 19.9. The molecule has 6 heteroatoms. The normalized spacial score (nSPS) is 12.6. The summed E-state index contributed by atoms with van der Waals surface area (Å²) in [5.74, 6) is 0. The van der Waals surface area contributed by atoms with Crippen LogP contribution in [0.25, 0.3) is 82.8 Å². The van der Waals surface area contributed by atoms with Crippen LogP contribution in [0.2, 0.25) is 0 Å². The van der Waals surface area contributed by atoms with Crippen LogP contribution in [0.3, 0.4) is 0 Å². The molecule has 0 unspecified atom stereocenters. The molecule has 0 aliphatic carbocycles. The lowest BCUT2D eigenvalue weighted by Gasteiger charge is -2.45. The number of anilines is 9. The van der Waals surface area contributed by atoms with Crippen molar-refractivity contribution in [3.05, 3.63) is 310 Å². The fraction of sp³-hybridized carbons (Fsp3) is 0. The third kappa shape index (κ3) is 7.87. The van der Waals surface area contributed by atoms with Gasteiger partial charge in [0.2, 0.25) is 0 Å². The molecule has 394 valence electrons. The van der Waals surface area contributed by atoms with Gasteiger partial charge in [0, 0.05) is 55.7 Å². The minimum absolute atomic E-state index is 0.198. The largest absolute Gasteiger partial charge is 0.454 e.